The third-order valence-electron chi connectivity index (χ3n) is 2.69. The van der Waals surface area contributed by atoms with Crippen LogP contribution in [0.15, 0.2) is 24.3 Å². The Morgan fingerprint density at radius 1 is 1.14 bits per heavy atom. The maximum atomic E-state index is 11.5. The van der Waals surface area contributed by atoms with Crippen molar-refractivity contribution in [1.29, 1.82) is 0 Å². The van der Waals surface area contributed by atoms with Gasteiger partial charge in [0.1, 0.15) is 5.75 Å². The summed E-state index contributed by atoms with van der Waals surface area (Å²) in [6.07, 6.45) is 2.08. The molecule has 0 unspecified atom stereocenters. The van der Waals surface area contributed by atoms with E-state index in [-0.39, 0.29) is 18.3 Å². The van der Waals surface area contributed by atoms with Crippen LogP contribution >= 0.6 is 12.4 Å². The zero-order chi connectivity index (χ0) is 14.8. The summed E-state index contributed by atoms with van der Waals surface area (Å²) in [4.78, 5) is 22.3. The van der Waals surface area contributed by atoms with Crippen LogP contribution in [0.2, 0.25) is 0 Å². The van der Waals surface area contributed by atoms with Gasteiger partial charge >= 0.3 is 0 Å². The number of halogens is 1. The maximum Gasteiger partial charge on any atom is 0.248 e. The van der Waals surface area contributed by atoms with Gasteiger partial charge in [0.15, 0.2) is 0 Å². The van der Waals surface area contributed by atoms with Crippen LogP contribution in [0.4, 0.5) is 0 Å². The van der Waals surface area contributed by atoms with E-state index < -0.39 is 5.91 Å². The number of unbranched alkanes of at least 4 members (excludes halogenated alkanes) is 1. The number of rotatable bonds is 9. The van der Waals surface area contributed by atoms with Crippen molar-refractivity contribution < 1.29 is 14.3 Å². The minimum absolute atomic E-state index is 0. The van der Waals surface area contributed by atoms with E-state index in [1.165, 1.54) is 0 Å². The number of carbonyl (C=O) groups excluding carboxylic acids is 2. The van der Waals surface area contributed by atoms with Crippen molar-refractivity contribution in [1.82, 2.24) is 5.32 Å². The largest absolute Gasteiger partial charge is 0.493 e. The second kappa shape index (κ2) is 10.9. The summed E-state index contributed by atoms with van der Waals surface area (Å²) in [6, 6.07) is 6.48. The van der Waals surface area contributed by atoms with Crippen LogP contribution in [0.25, 0.3) is 0 Å². The van der Waals surface area contributed by atoms with E-state index in [9.17, 15) is 9.59 Å². The molecule has 0 atom stereocenters. The van der Waals surface area contributed by atoms with Crippen molar-refractivity contribution >= 4 is 24.2 Å². The van der Waals surface area contributed by atoms with E-state index in [1.54, 1.807) is 24.3 Å². The highest BCUT2D eigenvalue weighted by atomic mass is 35.5. The van der Waals surface area contributed by atoms with Gasteiger partial charge in [0.05, 0.1) is 13.0 Å². The number of carbonyl (C=O) groups is 2. The molecule has 118 valence electrons. The number of ether oxygens (including phenoxy) is 1. The molecule has 0 saturated heterocycles. The molecule has 0 radical (unpaired) electrons. The van der Waals surface area contributed by atoms with E-state index in [1.807, 2.05) is 0 Å². The van der Waals surface area contributed by atoms with Gasteiger partial charge < -0.3 is 21.5 Å². The monoisotopic (exact) mass is 315 g/mol. The first kappa shape index (κ1) is 19.2. The van der Waals surface area contributed by atoms with E-state index in [0.29, 0.717) is 37.4 Å². The molecule has 7 heteroatoms. The first-order valence-electron chi connectivity index (χ1n) is 6.63. The summed E-state index contributed by atoms with van der Waals surface area (Å²) in [5, 5.41) is 2.79. The molecule has 0 saturated carbocycles. The fourth-order valence-electron chi connectivity index (χ4n) is 1.56. The lowest BCUT2D eigenvalue weighted by atomic mass is 10.2. The number of hydrogen-bond acceptors (Lipinski definition) is 4. The second-order valence-electron chi connectivity index (χ2n) is 4.33. The van der Waals surface area contributed by atoms with Gasteiger partial charge in [-0.2, -0.15) is 0 Å². The van der Waals surface area contributed by atoms with Crippen LogP contribution in [-0.2, 0) is 4.79 Å². The zero-order valence-electron chi connectivity index (χ0n) is 11.8. The molecule has 1 aromatic rings. The van der Waals surface area contributed by atoms with Gasteiger partial charge in [0.2, 0.25) is 11.8 Å². The Labute approximate surface area is 130 Å². The highest BCUT2D eigenvalue weighted by molar-refractivity contribution is 5.92. The normalized spacial score (nSPS) is 9.57. The molecule has 0 aliphatic rings. The van der Waals surface area contributed by atoms with Gasteiger partial charge in [-0.3, -0.25) is 9.59 Å². The van der Waals surface area contributed by atoms with Gasteiger partial charge in [-0.25, -0.2) is 0 Å². The average Bonchev–Trinajstić information content (AvgIpc) is 2.44. The predicted octanol–water partition coefficient (Wildman–Crippen LogP) is 0.831. The van der Waals surface area contributed by atoms with Crippen LogP contribution in [0.1, 0.15) is 29.6 Å². The molecule has 0 spiro atoms. The Bertz CT molecular complexity index is 438. The molecule has 6 nitrogen and oxygen atoms in total. The lowest BCUT2D eigenvalue weighted by molar-refractivity contribution is -0.121. The maximum absolute atomic E-state index is 11.5. The standard InChI is InChI=1S/C14H21N3O3.ClH/c15-8-1-2-9-17-13(18)7-10-20-12-5-3-11(4-6-12)14(16)19;/h3-6H,1-2,7-10,15H2,(H2,16,19)(H,17,18);1H. The van der Waals surface area contributed by atoms with Crippen molar-refractivity contribution in [3.63, 3.8) is 0 Å². The predicted molar refractivity (Wildman–Crippen MR) is 83.6 cm³/mol. The fourth-order valence-corrected chi connectivity index (χ4v) is 1.56. The number of nitrogens with two attached hydrogens (primary N) is 2. The SMILES string of the molecule is Cl.NCCCCNC(=O)CCOc1ccc(C(N)=O)cc1. The smallest absolute Gasteiger partial charge is 0.248 e. The van der Waals surface area contributed by atoms with E-state index >= 15 is 0 Å². The number of primary amides is 1. The molecule has 0 fully saturated rings. The van der Waals surface area contributed by atoms with Crippen molar-refractivity contribution in [2.24, 2.45) is 11.5 Å². The summed E-state index contributed by atoms with van der Waals surface area (Å²) in [5.41, 5.74) is 10.9. The Balaban J connectivity index is 0.00000400. The highest BCUT2D eigenvalue weighted by Gasteiger charge is 2.03. The van der Waals surface area contributed by atoms with Crippen LogP contribution in [-0.4, -0.2) is 31.5 Å². The summed E-state index contributed by atoms with van der Waals surface area (Å²) in [7, 11) is 0. The summed E-state index contributed by atoms with van der Waals surface area (Å²) in [5.74, 6) is 0.0788. The Hall–Kier alpha value is -1.79. The lowest BCUT2D eigenvalue weighted by Crippen LogP contribution is -2.26. The van der Waals surface area contributed by atoms with Crippen molar-refractivity contribution in [3.8, 4) is 5.75 Å². The van der Waals surface area contributed by atoms with Crippen LogP contribution in [0.5, 0.6) is 5.75 Å². The number of hydrogen-bond donors (Lipinski definition) is 3. The van der Waals surface area contributed by atoms with Crippen LogP contribution in [0.3, 0.4) is 0 Å². The summed E-state index contributed by atoms with van der Waals surface area (Å²) < 4.78 is 5.41. The first-order valence-corrected chi connectivity index (χ1v) is 6.63. The van der Waals surface area contributed by atoms with E-state index in [0.717, 1.165) is 12.8 Å². The third kappa shape index (κ3) is 8.16. The Morgan fingerprint density at radius 3 is 2.38 bits per heavy atom. The van der Waals surface area contributed by atoms with Crippen molar-refractivity contribution in [2.75, 3.05) is 19.7 Å². The minimum atomic E-state index is -0.478. The molecule has 2 amide bonds. The molecular formula is C14H22ClN3O3. The molecule has 1 aromatic carbocycles. The molecular weight excluding hydrogens is 294 g/mol. The van der Waals surface area contributed by atoms with Gasteiger partial charge in [-0.05, 0) is 43.7 Å². The molecule has 0 bridgehead atoms. The van der Waals surface area contributed by atoms with E-state index in [2.05, 4.69) is 5.32 Å². The van der Waals surface area contributed by atoms with Crippen LogP contribution in [0, 0.1) is 0 Å². The summed E-state index contributed by atoms with van der Waals surface area (Å²) >= 11 is 0. The van der Waals surface area contributed by atoms with Gasteiger partial charge in [0, 0.05) is 12.1 Å². The van der Waals surface area contributed by atoms with E-state index in [4.69, 9.17) is 16.2 Å². The lowest BCUT2D eigenvalue weighted by Gasteiger charge is -2.07. The summed E-state index contributed by atoms with van der Waals surface area (Å²) in [6.45, 7) is 1.57. The van der Waals surface area contributed by atoms with Gasteiger partial charge in [-0.15, -0.1) is 12.4 Å². The first-order chi connectivity index (χ1) is 9.63. The topological polar surface area (TPSA) is 107 Å². The number of nitrogens with one attached hydrogen (secondary N) is 1. The van der Waals surface area contributed by atoms with Crippen molar-refractivity contribution in [2.45, 2.75) is 19.3 Å². The van der Waals surface area contributed by atoms with Gasteiger partial charge in [0.25, 0.3) is 0 Å². The van der Waals surface area contributed by atoms with Crippen molar-refractivity contribution in [3.05, 3.63) is 29.8 Å². The molecule has 5 N–H and O–H groups in total. The molecule has 0 aliphatic heterocycles. The van der Waals surface area contributed by atoms with Crippen LogP contribution < -0.4 is 21.5 Å². The second-order valence-corrected chi connectivity index (χ2v) is 4.33. The minimum Gasteiger partial charge on any atom is -0.493 e. The quantitative estimate of drug-likeness (QED) is 0.587. The Kier molecular flexibility index (Phi) is 10.0. The molecule has 0 heterocycles. The molecule has 0 aromatic heterocycles. The van der Waals surface area contributed by atoms with Gasteiger partial charge in [-0.1, -0.05) is 0 Å². The molecule has 1 rings (SSSR count). The zero-order valence-corrected chi connectivity index (χ0v) is 12.7. The number of benzene rings is 1. The molecule has 21 heavy (non-hydrogen) atoms. The third-order valence-corrected chi connectivity index (χ3v) is 2.69. The molecule has 0 aliphatic carbocycles. The Morgan fingerprint density at radius 2 is 1.81 bits per heavy atom. The fraction of sp³-hybridized carbons (Fsp3) is 0.429. The average molecular weight is 316 g/mol. The highest BCUT2D eigenvalue weighted by Crippen LogP contribution is 2.11. The number of amides is 2.